The van der Waals surface area contributed by atoms with E-state index in [0.29, 0.717) is 0 Å². The van der Waals surface area contributed by atoms with Gasteiger partial charge in [-0.25, -0.2) is 0 Å². The lowest BCUT2D eigenvalue weighted by atomic mass is 10.2. The first-order chi connectivity index (χ1) is 7.75. The van der Waals surface area contributed by atoms with Gasteiger partial charge in [0.25, 0.3) is 0 Å². The predicted molar refractivity (Wildman–Crippen MR) is 75.3 cm³/mol. The first-order valence-corrected chi connectivity index (χ1v) is 7.57. The quantitative estimate of drug-likeness (QED) is 0.609. The van der Waals surface area contributed by atoms with Gasteiger partial charge >= 0.3 is 0 Å². The Labute approximate surface area is 114 Å². The van der Waals surface area contributed by atoms with E-state index in [4.69, 9.17) is 11.6 Å². The number of nitrogens with one attached hydrogen (secondary N) is 1. The van der Waals surface area contributed by atoms with Crippen molar-refractivity contribution in [3.8, 4) is 0 Å². The second-order valence-corrected chi connectivity index (χ2v) is 6.61. The third kappa shape index (κ3) is 3.59. The van der Waals surface area contributed by atoms with Crippen LogP contribution in [-0.4, -0.2) is 6.54 Å². The third-order valence-electron chi connectivity index (χ3n) is 2.75. The molecule has 1 aromatic heterocycles. The molecule has 1 aliphatic carbocycles. The average molecular weight is 321 g/mol. The van der Waals surface area contributed by atoms with Crippen LogP contribution in [0.3, 0.4) is 0 Å². The fourth-order valence-corrected chi connectivity index (χ4v) is 3.66. The molecule has 1 nitrogen and oxygen atoms in total. The van der Waals surface area contributed by atoms with Crippen molar-refractivity contribution in [2.24, 2.45) is 0 Å². The molecule has 1 N–H and O–H groups in total. The van der Waals surface area contributed by atoms with Gasteiger partial charge in [0.15, 0.2) is 0 Å². The summed E-state index contributed by atoms with van der Waals surface area (Å²) in [7, 11) is 0. The van der Waals surface area contributed by atoms with Crippen LogP contribution in [-0.2, 0) is 6.54 Å². The van der Waals surface area contributed by atoms with E-state index in [-0.39, 0.29) is 0 Å². The summed E-state index contributed by atoms with van der Waals surface area (Å²) >= 11 is 11.0. The van der Waals surface area contributed by atoms with Gasteiger partial charge in [0.1, 0.15) is 4.34 Å². The van der Waals surface area contributed by atoms with E-state index in [9.17, 15) is 0 Å². The number of hydrogen-bond donors (Lipinski definition) is 1. The Bertz CT molecular complexity index is 367. The number of halogens is 2. The molecule has 0 fully saturated rings. The molecule has 88 valence electrons. The summed E-state index contributed by atoms with van der Waals surface area (Å²) in [4.78, 5) is 1.29. The third-order valence-corrected chi connectivity index (χ3v) is 5.23. The van der Waals surface area contributed by atoms with E-state index >= 15 is 0 Å². The standard InChI is InChI=1S/C12H15BrClNS/c13-11-7-10(16-12(11)14)8-15-6-5-9-3-1-2-4-9/h3,7,15H,1-2,4-6,8H2. The van der Waals surface area contributed by atoms with Gasteiger partial charge in [0, 0.05) is 15.9 Å². The highest BCUT2D eigenvalue weighted by Gasteiger charge is 2.05. The number of thiophene rings is 1. The van der Waals surface area contributed by atoms with Crippen molar-refractivity contribution in [1.29, 1.82) is 0 Å². The second-order valence-electron chi connectivity index (χ2n) is 4.02. The highest BCUT2D eigenvalue weighted by atomic mass is 79.9. The largest absolute Gasteiger partial charge is 0.312 e. The summed E-state index contributed by atoms with van der Waals surface area (Å²) < 4.78 is 1.85. The van der Waals surface area contributed by atoms with Crippen molar-refractivity contribution in [2.75, 3.05) is 6.54 Å². The second kappa shape index (κ2) is 6.20. The molecule has 0 unspecified atom stereocenters. The molecular formula is C12H15BrClNS. The van der Waals surface area contributed by atoms with Crippen LogP contribution in [0.25, 0.3) is 0 Å². The van der Waals surface area contributed by atoms with Crippen molar-refractivity contribution >= 4 is 38.9 Å². The van der Waals surface area contributed by atoms with Crippen LogP contribution in [0.2, 0.25) is 4.34 Å². The molecule has 1 heterocycles. The van der Waals surface area contributed by atoms with Crippen LogP contribution in [0.15, 0.2) is 22.2 Å². The molecular weight excluding hydrogens is 306 g/mol. The molecule has 0 bridgehead atoms. The van der Waals surface area contributed by atoms with Crippen LogP contribution in [0, 0.1) is 0 Å². The molecule has 0 saturated carbocycles. The fourth-order valence-electron chi connectivity index (χ4n) is 1.90. The van der Waals surface area contributed by atoms with Crippen LogP contribution in [0.4, 0.5) is 0 Å². The Balaban J connectivity index is 1.67. The van der Waals surface area contributed by atoms with E-state index in [1.165, 1.54) is 30.6 Å². The topological polar surface area (TPSA) is 12.0 Å². The van der Waals surface area contributed by atoms with Gasteiger partial charge < -0.3 is 5.32 Å². The van der Waals surface area contributed by atoms with Gasteiger partial charge in [-0.05, 0) is 54.2 Å². The van der Waals surface area contributed by atoms with Crippen LogP contribution in [0.1, 0.15) is 30.6 Å². The maximum absolute atomic E-state index is 5.98. The summed E-state index contributed by atoms with van der Waals surface area (Å²) in [6.45, 7) is 1.99. The number of rotatable bonds is 5. The Kier molecular flexibility index (Phi) is 4.89. The Morgan fingerprint density at radius 1 is 1.50 bits per heavy atom. The first kappa shape index (κ1) is 12.6. The molecule has 2 rings (SSSR count). The van der Waals surface area contributed by atoms with Crippen LogP contribution >= 0.6 is 38.9 Å². The molecule has 0 aliphatic heterocycles. The Morgan fingerprint density at radius 2 is 2.38 bits per heavy atom. The van der Waals surface area contributed by atoms with Crippen molar-refractivity contribution in [3.05, 3.63) is 31.4 Å². The van der Waals surface area contributed by atoms with Gasteiger partial charge in [0.2, 0.25) is 0 Å². The van der Waals surface area contributed by atoms with Gasteiger partial charge in [-0.3, -0.25) is 0 Å². The van der Waals surface area contributed by atoms with Gasteiger partial charge in [-0.1, -0.05) is 23.3 Å². The van der Waals surface area contributed by atoms with Gasteiger partial charge in [-0.15, -0.1) is 11.3 Å². The molecule has 0 saturated heterocycles. The molecule has 0 spiro atoms. The van der Waals surface area contributed by atoms with Crippen molar-refractivity contribution in [3.63, 3.8) is 0 Å². The lowest BCUT2D eigenvalue weighted by Crippen LogP contribution is -2.14. The van der Waals surface area contributed by atoms with Gasteiger partial charge in [0.05, 0.1) is 0 Å². The lowest BCUT2D eigenvalue weighted by Gasteiger charge is -2.03. The van der Waals surface area contributed by atoms with E-state index in [1.54, 1.807) is 16.9 Å². The number of allylic oxidation sites excluding steroid dienone is 1. The summed E-state index contributed by atoms with van der Waals surface area (Å²) in [6.07, 6.45) is 7.52. The molecule has 4 heteroatoms. The molecule has 0 atom stereocenters. The zero-order chi connectivity index (χ0) is 11.4. The van der Waals surface area contributed by atoms with E-state index in [1.807, 2.05) is 0 Å². The normalized spacial score (nSPS) is 15.5. The Morgan fingerprint density at radius 3 is 3.00 bits per heavy atom. The maximum Gasteiger partial charge on any atom is 0.107 e. The van der Waals surface area contributed by atoms with E-state index in [0.717, 1.165) is 21.9 Å². The summed E-state index contributed by atoms with van der Waals surface area (Å²) in [5.74, 6) is 0. The molecule has 1 aromatic rings. The monoisotopic (exact) mass is 319 g/mol. The van der Waals surface area contributed by atoms with Crippen LogP contribution in [0.5, 0.6) is 0 Å². The van der Waals surface area contributed by atoms with Crippen molar-refractivity contribution in [1.82, 2.24) is 5.32 Å². The maximum atomic E-state index is 5.98. The molecule has 1 aliphatic rings. The minimum Gasteiger partial charge on any atom is -0.312 e. The first-order valence-electron chi connectivity index (χ1n) is 5.58. The smallest absolute Gasteiger partial charge is 0.107 e. The predicted octanol–water partition coefficient (Wildman–Crippen LogP) is 4.75. The zero-order valence-electron chi connectivity index (χ0n) is 9.06. The van der Waals surface area contributed by atoms with Crippen molar-refractivity contribution in [2.45, 2.75) is 32.2 Å². The SMILES string of the molecule is Clc1sc(CNCCC2=CCCC2)cc1Br. The fraction of sp³-hybridized carbons (Fsp3) is 0.500. The minimum atomic E-state index is 0.843. The zero-order valence-corrected chi connectivity index (χ0v) is 12.2. The highest BCUT2D eigenvalue weighted by Crippen LogP contribution is 2.31. The lowest BCUT2D eigenvalue weighted by molar-refractivity contribution is 0.681. The molecule has 0 amide bonds. The molecule has 0 radical (unpaired) electrons. The van der Waals surface area contributed by atoms with E-state index < -0.39 is 0 Å². The molecule has 16 heavy (non-hydrogen) atoms. The minimum absolute atomic E-state index is 0.843. The van der Waals surface area contributed by atoms with Crippen molar-refractivity contribution < 1.29 is 0 Å². The summed E-state index contributed by atoms with van der Waals surface area (Å²) in [6, 6.07) is 2.09. The van der Waals surface area contributed by atoms with Gasteiger partial charge in [-0.2, -0.15) is 0 Å². The summed E-state index contributed by atoms with van der Waals surface area (Å²) in [5.41, 5.74) is 1.62. The highest BCUT2D eigenvalue weighted by molar-refractivity contribution is 9.10. The van der Waals surface area contributed by atoms with E-state index in [2.05, 4.69) is 33.4 Å². The Hall–Kier alpha value is 0.170. The van der Waals surface area contributed by atoms with Crippen LogP contribution < -0.4 is 5.32 Å². The number of hydrogen-bond acceptors (Lipinski definition) is 2. The molecule has 0 aromatic carbocycles. The average Bonchev–Trinajstić information content (AvgIpc) is 2.85. The summed E-state index contributed by atoms with van der Waals surface area (Å²) in [5, 5.41) is 3.46.